The first kappa shape index (κ1) is 32.0. The van der Waals surface area contributed by atoms with E-state index in [1.807, 2.05) is 5.32 Å². The van der Waals surface area contributed by atoms with E-state index in [9.17, 15) is 22.8 Å². The normalized spacial score (nSPS) is 20.4. The Morgan fingerprint density at radius 3 is 2.51 bits per heavy atom. The number of ketones is 1. The van der Waals surface area contributed by atoms with Crippen molar-refractivity contribution in [3.63, 3.8) is 0 Å². The van der Waals surface area contributed by atoms with Crippen molar-refractivity contribution in [2.24, 2.45) is 11.8 Å². The number of alkyl halides is 3. The Hall–Kier alpha value is -3.92. The lowest BCUT2D eigenvalue weighted by atomic mass is 9.82. The molecule has 2 aromatic rings. The summed E-state index contributed by atoms with van der Waals surface area (Å²) in [6.45, 7) is 0.820. The third-order valence-corrected chi connectivity index (χ3v) is 7.86. The van der Waals surface area contributed by atoms with Crippen LogP contribution < -0.4 is 15.4 Å². The number of ether oxygens (including phenoxy) is 1. The molecule has 2 atom stereocenters. The van der Waals surface area contributed by atoms with Crippen molar-refractivity contribution in [1.82, 2.24) is 15.6 Å². The second-order valence-corrected chi connectivity index (χ2v) is 11.2. The molecule has 1 aromatic carbocycles. The quantitative estimate of drug-likeness (QED) is 0.256. The molecule has 1 amide bonds. The third-order valence-electron chi connectivity index (χ3n) is 7.63. The summed E-state index contributed by atoms with van der Waals surface area (Å²) < 4.78 is 43.3. The Kier molecular flexibility index (Phi) is 10.8. The average Bonchev–Trinajstić information content (AvgIpc) is 2.95. The maximum atomic E-state index is 13.3. The first-order valence-corrected chi connectivity index (χ1v) is 14.6. The monoisotopic (exact) mass is 614 g/mol. The Bertz CT molecular complexity index is 1420. The molecule has 0 spiro atoms. The summed E-state index contributed by atoms with van der Waals surface area (Å²) in [4.78, 5) is 29.8. The largest absolute Gasteiger partial charge is 0.439 e. The summed E-state index contributed by atoms with van der Waals surface area (Å²) in [5.74, 6) is 0.499. The molecule has 1 saturated carbocycles. The van der Waals surface area contributed by atoms with Crippen LogP contribution >= 0.6 is 11.6 Å². The smallest absolute Gasteiger partial charge is 0.405 e. The molecular formula is C32H34ClF3N4O3. The minimum absolute atomic E-state index is 0.0783. The predicted molar refractivity (Wildman–Crippen MR) is 159 cm³/mol. The van der Waals surface area contributed by atoms with Crippen LogP contribution in [0.3, 0.4) is 0 Å². The maximum absolute atomic E-state index is 13.3. The van der Waals surface area contributed by atoms with Gasteiger partial charge in [-0.05, 0) is 86.6 Å². The Balaban J connectivity index is 1.31. The van der Waals surface area contributed by atoms with E-state index in [4.69, 9.17) is 21.7 Å². The summed E-state index contributed by atoms with van der Waals surface area (Å²) >= 11 is 5.86. The van der Waals surface area contributed by atoms with Crippen LogP contribution in [0.25, 0.3) is 0 Å². The molecule has 0 saturated heterocycles. The van der Waals surface area contributed by atoms with Crippen LogP contribution in [0.5, 0.6) is 11.6 Å². The van der Waals surface area contributed by atoms with E-state index in [2.05, 4.69) is 10.3 Å². The van der Waals surface area contributed by atoms with E-state index in [0.717, 1.165) is 38.5 Å². The number of amides is 1. The van der Waals surface area contributed by atoms with Gasteiger partial charge in [0.05, 0.1) is 10.7 Å². The fourth-order valence-corrected chi connectivity index (χ4v) is 5.36. The number of benzene rings is 1. The minimum atomic E-state index is -4.51. The first-order chi connectivity index (χ1) is 20.5. The topological polar surface area (TPSA) is 104 Å². The molecule has 1 heterocycles. The summed E-state index contributed by atoms with van der Waals surface area (Å²) in [6, 6.07) is 10.4. The van der Waals surface area contributed by atoms with Gasteiger partial charge >= 0.3 is 6.18 Å². The summed E-state index contributed by atoms with van der Waals surface area (Å²) in [5.41, 5.74) is 1.80. The van der Waals surface area contributed by atoms with Gasteiger partial charge in [0.25, 0.3) is 5.91 Å². The highest BCUT2D eigenvalue weighted by Crippen LogP contribution is 2.30. The molecule has 1 fully saturated rings. The van der Waals surface area contributed by atoms with E-state index in [0.29, 0.717) is 45.8 Å². The van der Waals surface area contributed by atoms with Crippen LogP contribution in [0.1, 0.15) is 55.8 Å². The number of hydrogen-bond donors (Lipinski definition) is 3. The third kappa shape index (κ3) is 9.28. The second-order valence-electron chi connectivity index (χ2n) is 10.8. The molecule has 0 bridgehead atoms. The van der Waals surface area contributed by atoms with Crippen molar-refractivity contribution in [3.8, 4) is 11.6 Å². The number of pyridine rings is 1. The van der Waals surface area contributed by atoms with Gasteiger partial charge in [0.1, 0.15) is 12.3 Å². The zero-order valence-corrected chi connectivity index (χ0v) is 24.5. The van der Waals surface area contributed by atoms with Crippen LogP contribution in [-0.4, -0.2) is 41.7 Å². The number of nitrogens with zero attached hydrogens (tertiary/aromatic N) is 1. The molecule has 7 nitrogen and oxygen atoms in total. The fraction of sp³-hybridized carbons (Fsp3) is 0.375. The molecular weight excluding hydrogens is 581 g/mol. The number of carbonyl (C=O) groups excluding carboxylic acids is 2. The highest BCUT2D eigenvalue weighted by atomic mass is 35.5. The lowest BCUT2D eigenvalue weighted by molar-refractivity contribution is -0.136. The molecule has 0 radical (unpaired) electrons. The van der Waals surface area contributed by atoms with Gasteiger partial charge < -0.3 is 20.8 Å². The molecule has 228 valence electrons. The maximum Gasteiger partial charge on any atom is 0.405 e. The van der Waals surface area contributed by atoms with Gasteiger partial charge in [-0.25, -0.2) is 4.98 Å². The second kappa shape index (κ2) is 14.5. The molecule has 2 unspecified atom stereocenters. The van der Waals surface area contributed by atoms with Crippen LogP contribution in [0.15, 0.2) is 77.7 Å². The van der Waals surface area contributed by atoms with Crippen LogP contribution in [0, 0.1) is 17.2 Å². The predicted octanol–water partition coefficient (Wildman–Crippen LogP) is 7.35. The number of nitrogens with one attached hydrogen (secondary N) is 3. The lowest BCUT2D eigenvalue weighted by Gasteiger charge is -2.25. The number of allylic oxidation sites excluding steroid dienone is 3. The minimum Gasteiger partial charge on any atom is -0.439 e. The fourth-order valence-electron chi connectivity index (χ4n) is 5.25. The highest BCUT2D eigenvalue weighted by molar-refractivity contribution is 6.30. The van der Waals surface area contributed by atoms with Crippen molar-refractivity contribution >= 4 is 29.0 Å². The van der Waals surface area contributed by atoms with Gasteiger partial charge in [0, 0.05) is 47.6 Å². The molecule has 2 aliphatic carbocycles. The van der Waals surface area contributed by atoms with Gasteiger partial charge in [0.2, 0.25) is 5.88 Å². The van der Waals surface area contributed by atoms with Crippen LogP contribution in [0.4, 0.5) is 13.2 Å². The number of Topliss-reactive ketones (excluding diaryl/α,β-unsaturated/α-hetero) is 1. The molecule has 11 heteroatoms. The van der Waals surface area contributed by atoms with E-state index in [1.165, 1.54) is 18.3 Å². The van der Waals surface area contributed by atoms with Crippen LogP contribution in [-0.2, 0) is 4.79 Å². The van der Waals surface area contributed by atoms with Gasteiger partial charge in [-0.3, -0.25) is 9.59 Å². The Morgan fingerprint density at radius 2 is 1.81 bits per heavy atom. The van der Waals surface area contributed by atoms with E-state index in [1.54, 1.807) is 49.5 Å². The van der Waals surface area contributed by atoms with Gasteiger partial charge in [-0.15, -0.1) is 0 Å². The van der Waals surface area contributed by atoms with Gasteiger partial charge in [0.15, 0.2) is 5.78 Å². The van der Waals surface area contributed by atoms with Crippen molar-refractivity contribution in [1.29, 1.82) is 5.41 Å². The molecule has 1 aromatic heterocycles. The zero-order valence-electron chi connectivity index (χ0n) is 23.8. The van der Waals surface area contributed by atoms with E-state index >= 15 is 0 Å². The number of halogens is 4. The Morgan fingerprint density at radius 1 is 1.07 bits per heavy atom. The van der Waals surface area contributed by atoms with Crippen molar-refractivity contribution in [2.45, 2.75) is 51.6 Å². The zero-order chi connectivity index (χ0) is 31.0. The first-order valence-electron chi connectivity index (χ1n) is 14.2. The van der Waals surface area contributed by atoms with Crippen molar-refractivity contribution in [3.05, 3.63) is 88.3 Å². The molecule has 0 aliphatic heterocycles. The Labute approximate surface area is 253 Å². The number of aromatic nitrogens is 1. The van der Waals surface area contributed by atoms with Gasteiger partial charge in [-0.1, -0.05) is 24.4 Å². The summed E-state index contributed by atoms with van der Waals surface area (Å²) in [6.07, 6.45) is 6.81. The van der Waals surface area contributed by atoms with Gasteiger partial charge in [-0.2, -0.15) is 13.2 Å². The molecule has 43 heavy (non-hydrogen) atoms. The summed E-state index contributed by atoms with van der Waals surface area (Å²) in [7, 11) is 0. The van der Waals surface area contributed by atoms with Crippen LogP contribution in [0.2, 0.25) is 5.02 Å². The molecule has 3 N–H and O–H groups in total. The van der Waals surface area contributed by atoms with E-state index in [-0.39, 0.29) is 23.0 Å². The average molecular weight is 615 g/mol. The van der Waals surface area contributed by atoms with Crippen molar-refractivity contribution in [2.75, 3.05) is 13.1 Å². The SMILES string of the molecule is CC1=C(C(=O)NCC(F)(F)F)C=CC(=N)/C1=C\NCC1CCCCC(C(=O)c2ccc(Oc3ccc(Cl)cn3)cc2)CC1. The highest BCUT2D eigenvalue weighted by Gasteiger charge is 2.29. The molecule has 2 aliphatic rings. The lowest BCUT2D eigenvalue weighted by Crippen LogP contribution is -2.35. The number of hydrogen-bond acceptors (Lipinski definition) is 6. The standard InChI is InChI=1S/C32H34ClF3N4O3/c1-20-26(31(42)40-19-32(34,35)36)13-14-28(37)27(20)18-38-16-21-4-2-3-5-22(7-6-21)30(41)23-8-11-25(12-9-23)43-29-15-10-24(33)17-39-29/h8-15,17-18,21-22,37-38H,2-7,16,19H2,1H3,(H,40,42)/b27-18-,37-28?. The number of carbonyl (C=O) groups is 2. The van der Waals surface area contributed by atoms with E-state index < -0.39 is 18.6 Å². The molecule has 4 rings (SSSR count). The van der Waals surface area contributed by atoms with Crippen molar-refractivity contribution < 1.29 is 27.5 Å². The summed E-state index contributed by atoms with van der Waals surface area (Å²) in [5, 5.41) is 13.9. The number of rotatable bonds is 9.